The van der Waals surface area contributed by atoms with E-state index in [1.165, 1.54) is 0 Å². The lowest BCUT2D eigenvalue weighted by molar-refractivity contribution is -0.138. The standard InChI is InChI=1S/C25H29N3O4.C21H21N3O4/c1-25(2,3)18-6-4-17(5-7-18)23(30)27-19(14-16-8-11-26-12-9-16)24(31)28-13-10-21-22(28)20(29)15-32-21;25-17-13-28-18-8-11-24(19(17)18)21(27)16(12-14-6-9-22-10-7-14)23-20(26)15-4-2-1-3-5-15/h4-9,11-12,19,21-22H,10,13-15H2,1-3H3,(H,27,30);1-7,9-10,16,18-19H,8,11-13H2,(H,23,26). The molecular weight excluding hydrogens is 765 g/mol. The Balaban J connectivity index is 0.000000183. The van der Waals surface area contributed by atoms with Gasteiger partial charge in [-0.2, -0.15) is 0 Å². The summed E-state index contributed by atoms with van der Waals surface area (Å²) in [6, 6.07) is 20.8. The van der Waals surface area contributed by atoms with Crippen molar-refractivity contribution < 1.29 is 38.2 Å². The molecule has 14 heteroatoms. The molecule has 2 aromatic heterocycles. The lowest BCUT2D eigenvalue weighted by Crippen LogP contribution is -2.53. The second-order valence-electron chi connectivity index (χ2n) is 16.5. The molecule has 4 aliphatic heterocycles. The van der Waals surface area contributed by atoms with E-state index in [4.69, 9.17) is 9.47 Å². The van der Waals surface area contributed by atoms with Gasteiger partial charge in [0.05, 0.1) is 12.2 Å². The number of ketones is 2. The van der Waals surface area contributed by atoms with Gasteiger partial charge in [-0.15, -0.1) is 0 Å². The van der Waals surface area contributed by atoms with Crippen LogP contribution in [0.25, 0.3) is 0 Å². The summed E-state index contributed by atoms with van der Waals surface area (Å²) in [6.07, 6.45) is 8.04. The zero-order valence-electron chi connectivity index (χ0n) is 34.0. The van der Waals surface area contributed by atoms with Crippen molar-refractivity contribution in [3.8, 4) is 0 Å². The van der Waals surface area contributed by atoms with Crippen molar-refractivity contribution in [2.24, 2.45) is 0 Å². The van der Waals surface area contributed by atoms with Crippen LogP contribution in [0.15, 0.2) is 104 Å². The van der Waals surface area contributed by atoms with Crippen molar-refractivity contribution in [3.63, 3.8) is 0 Å². The normalized spacial score (nSPS) is 21.6. The van der Waals surface area contributed by atoms with Crippen molar-refractivity contribution >= 4 is 35.2 Å². The molecule has 4 fully saturated rings. The van der Waals surface area contributed by atoms with E-state index in [0.717, 1.165) is 16.7 Å². The smallest absolute Gasteiger partial charge is 0.251 e. The quantitative estimate of drug-likeness (QED) is 0.242. The highest BCUT2D eigenvalue weighted by atomic mass is 16.5. The maximum atomic E-state index is 13.5. The van der Waals surface area contributed by atoms with Crippen molar-refractivity contribution in [2.45, 2.75) is 88.2 Å². The number of amides is 4. The Morgan fingerprint density at radius 2 is 1.05 bits per heavy atom. The summed E-state index contributed by atoms with van der Waals surface area (Å²) < 4.78 is 11.0. The molecule has 0 saturated carbocycles. The van der Waals surface area contributed by atoms with Gasteiger partial charge in [-0.3, -0.25) is 38.7 Å². The fourth-order valence-electron chi connectivity index (χ4n) is 8.19. The molecule has 4 aliphatic rings. The van der Waals surface area contributed by atoms with E-state index in [1.807, 2.05) is 42.5 Å². The van der Waals surface area contributed by atoms with Crippen LogP contribution in [0.3, 0.4) is 0 Å². The summed E-state index contributed by atoms with van der Waals surface area (Å²) in [4.78, 5) is 88.1. The van der Waals surface area contributed by atoms with Crippen LogP contribution in [-0.2, 0) is 46.9 Å². The first-order valence-electron chi connectivity index (χ1n) is 20.3. The predicted octanol–water partition coefficient (Wildman–Crippen LogP) is 3.28. The largest absolute Gasteiger partial charge is 0.368 e. The third kappa shape index (κ3) is 9.67. The minimum absolute atomic E-state index is 0.0168. The maximum Gasteiger partial charge on any atom is 0.251 e. The summed E-state index contributed by atoms with van der Waals surface area (Å²) in [6.45, 7) is 7.33. The van der Waals surface area contributed by atoms with E-state index in [0.29, 0.717) is 49.9 Å². The molecule has 312 valence electrons. The van der Waals surface area contributed by atoms with Gasteiger partial charge in [0.1, 0.15) is 37.4 Å². The molecule has 6 atom stereocenters. The van der Waals surface area contributed by atoms with E-state index in [1.54, 1.807) is 71.0 Å². The monoisotopic (exact) mass is 814 g/mol. The number of aromatic nitrogens is 2. The van der Waals surface area contributed by atoms with E-state index < -0.39 is 24.2 Å². The molecule has 4 aromatic rings. The lowest BCUT2D eigenvalue weighted by atomic mass is 9.86. The lowest BCUT2D eigenvalue weighted by Gasteiger charge is -2.27. The molecule has 0 bridgehead atoms. The molecule has 8 rings (SSSR count). The van der Waals surface area contributed by atoms with Crippen LogP contribution in [0.1, 0.15) is 71.0 Å². The molecule has 4 saturated heterocycles. The van der Waals surface area contributed by atoms with Crippen LogP contribution in [0.4, 0.5) is 0 Å². The van der Waals surface area contributed by atoms with Crippen LogP contribution in [-0.4, -0.2) is 118 Å². The zero-order chi connectivity index (χ0) is 42.4. The maximum absolute atomic E-state index is 13.5. The number of fused-ring (bicyclic) bond motifs is 2. The highest BCUT2D eigenvalue weighted by Gasteiger charge is 2.49. The summed E-state index contributed by atoms with van der Waals surface area (Å²) >= 11 is 0. The summed E-state index contributed by atoms with van der Waals surface area (Å²) in [7, 11) is 0. The van der Waals surface area contributed by atoms with E-state index in [2.05, 4.69) is 41.4 Å². The van der Waals surface area contributed by atoms with Gasteiger partial charge in [0.2, 0.25) is 11.8 Å². The Morgan fingerprint density at radius 1 is 0.633 bits per heavy atom. The fraction of sp³-hybridized carbons (Fsp3) is 0.391. The van der Waals surface area contributed by atoms with Crippen LogP contribution in [0.5, 0.6) is 0 Å². The molecule has 60 heavy (non-hydrogen) atoms. The summed E-state index contributed by atoms with van der Waals surface area (Å²) in [5.74, 6) is -1.30. The number of carbonyl (C=O) groups excluding carboxylic acids is 6. The van der Waals surface area contributed by atoms with Gasteiger partial charge in [-0.1, -0.05) is 51.1 Å². The number of pyridine rings is 2. The minimum atomic E-state index is -0.792. The number of likely N-dealkylation sites (tertiary alicyclic amines) is 2. The highest BCUT2D eigenvalue weighted by Crippen LogP contribution is 2.29. The fourth-order valence-corrected chi connectivity index (χ4v) is 8.19. The van der Waals surface area contributed by atoms with Crippen LogP contribution >= 0.6 is 0 Å². The van der Waals surface area contributed by atoms with Gasteiger partial charge in [-0.25, -0.2) is 0 Å². The SMILES string of the molecule is CC(C)(C)c1ccc(C(=O)NC(Cc2ccncc2)C(=O)N2CCC3OCC(=O)C32)cc1.O=C(NC(Cc1ccncc1)C(=O)N1CCC2OCC(=O)C21)c1ccccc1. The van der Waals surface area contributed by atoms with Crippen molar-refractivity contribution in [2.75, 3.05) is 26.3 Å². The molecular formula is C46H50N6O8. The molecule has 6 unspecified atom stereocenters. The first-order valence-corrected chi connectivity index (χ1v) is 20.3. The van der Waals surface area contributed by atoms with Gasteiger partial charge >= 0.3 is 0 Å². The molecule has 14 nitrogen and oxygen atoms in total. The number of hydrogen-bond acceptors (Lipinski definition) is 10. The molecule has 4 amide bonds. The Labute approximate surface area is 349 Å². The molecule has 0 aliphatic carbocycles. The van der Waals surface area contributed by atoms with Crippen LogP contribution in [0, 0.1) is 0 Å². The Hall–Kier alpha value is -6.12. The minimum Gasteiger partial charge on any atom is -0.368 e. The van der Waals surface area contributed by atoms with E-state index in [-0.39, 0.29) is 66.0 Å². The van der Waals surface area contributed by atoms with Crippen molar-refractivity contribution in [3.05, 3.63) is 131 Å². The number of hydrogen-bond donors (Lipinski definition) is 2. The number of Topliss-reactive ketones (excluding diaryl/α,β-unsaturated/α-hetero) is 2. The molecule has 0 radical (unpaired) electrons. The molecule has 0 spiro atoms. The first-order chi connectivity index (χ1) is 28.9. The number of nitrogens with one attached hydrogen (secondary N) is 2. The van der Waals surface area contributed by atoms with Gasteiger partial charge in [0.15, 0.2) is 11.6 Å². The second kappa shape index (κ2) is 18.4. The van der Waals surface area contributed by atoms with E-state index >= 15 is 0 Å². The van der Waals surface area contributed by atoms with Crippen LogP contribution < -0.4 is 10.6 Å². The van der Waals surface area contributed by atoms with Crippen molar-refractivity contribution in [1.29, 1.82) is 0 Å². The molecule has 2 aromatic carbocycles. The molecule has 2 N–H and O–H groups in total. The van der Waals surface area contributed by atoms with E-state index in [9.17, 15) is 28.8 Å². The van der Waals surface area contributed by atoms with Gasteiger partial charge < -0.3 is 29.9 Å². The number of carbonyl (C=O) groups is 6. The van der Waals surface area contributed by atoms with Gasteiger partial charge in [0, 0.05) is 61.8 Å². The number of nitrogens with zero attached hydrogens (tertiary/aromatic N) is 4. The number of ether oxygens (including phenoxy) is 2. The highest BCUT2D eigenvalue weighted by molar-refractivity contribution is 6.00. The van der Waals surface area contributed by atoms with Crippen LogP contribution in [0.2, 0.25) is 0 Å². The average Bonchev–Trinajstić information content (AvgIpc) is 4.06. The third-order valence-electron chi connectivity index (χ3n) is 11.4. The summed E-state index contributed by atoms with van der Waals surface area (Å²) in [5.41, 5.74) is 3.84. The number of rotatable bonds is 10. The average molecular weight is 815 g/mol. The van der Waals surface area contributed by atoms with Gasteiger partial charge in [-0.05, 0) is 83.5 Å². The number of benzene rings is 2. The molecule has 6 heterocycles. The Kier molecular flexibility index (Phi) is 12.9. The zero-order valence-corrected chi connectivity index (χ0v) is 34.0. The predicted molar refractivity (Wildman–Crippen MR) is 220 cm³/mol. The van der Waals surface area contributed by atoms with Crippen molar-refractivity contribution in [1.82, 2.24) is 30.4 Å². The third-order valence-corrected chi connectivity index (χ3v) is 11.4. The Morgan fingerprint density at radius 3 is 1.47 bits per heavy atom. The first kappa shape index (κ1) is 42.0. The summed E-state index contributed by atoms with van der Waals surface area (Å²) in [5, 5.41) is 5.76. The second-order valence-corrected chi connectivity index (χ2v) is 16.5. The topological polar surface area (TPSA) is 177 Å². The van der Waals surface area contributed by atoms with Gasteiger partial charge in [0.25, 0.3) is 11.8 Å². The Bertz CT molecular complexity index is 2180.